The molecule has 0 radical (unpaired) electrons. The zero-order valence-electron chi connectivity index (χ0n) is 13.7. The van der Waals surface area contributed by atoms with E-state index in [1.165, 1.54) is 17.7 Å². The molecule has 2 aromatic carbocycles. The second kappa shape index (κ2) is 7.95. The van der Waals surface area contributed by atoms with Gasteiger partial charge in [-0.15, -0.1) is 0 Å². The van der Waals surface area contributed by atoms with Crippen molar-refractivity contribution in [3.05, 3.63) is 71.5 Å². The van der Waals surface area contributed by atoms with Gasteiger partial charge in [0.2, 0.25) is 0 Å². The molecule has 1 N–H and O–H groups in total. The van der Waals surface area contributed by atoms with Crippen LogP contribution in [0.3, 0.4) is 0 Å². The summed E-state index contributed by atoms with van der Waals surface area (Å²) in [6.07, 6.45) is 3.17. The summed E-state index contributed by atoms with van der Waals surface area (Å²) in [5, 5.41) is 2.92. The number of urea groups is 1. The summed E-state index contributed by atoms with van der Waals surface area (Å²) < 4.78 is 12.9. The molecule has 1 aliphatic heterocycles. The van der Waals surface area contributed by atoms with Crippen LogP contribution in [0.5, 0.6) is 0 Å². The fraction of sp³-hybridized carbons (Fsp3) is 0.350. The van der Waals surface area contributed by atoms with Crippen molar-refractivity contribution in [1.82, 2.24) is 10.2 Å². The predicted molar refractivity (Wildman–Crippen MR) is 93.1 cm³/mol. The van der Waals surface area contributed by atoms with Crippen LogP contribution >= 0.6 is 0 Å². The van der Waals surface area contributed by atoms with E-state index in [1.807, 2.05) is 11.0 Å². The van der Waals surface area contributed by atoms with E-state index >= 15 is 0 Å². The normalized spacial score (nSPS) is 15.3. The number of hydrogen-bond donors (Lipinski definition) is 1. The van der Waals surface area contributed by atoms with Gasteiger partial charge >= 0.3 is 6.03 Å². The maximum Gasteiger partial charge on any atom is 0.317 e. The zero-order valence-corrected chi connectivity index (χ0v) is 13.7. The third-order valence-electron chi connectivity index (χ3n) is 4.63. The van der Waals surface area contributed by atoms with Crippen molar-refractivity contribution in [1.29, 1.82) is 0 Å². The minimum absolute atomic E-state index is 0.0301. The topological polar surface area (TPSA) is 32.3 Å². The van der Waals surface area contributed by atoms with E-state index in [-0.39, 0.29) is 11.8 Å². The Morgan fingerprint density at radius 1 is 1.00 bits per heavy atom. The zero-order chi connectivity index (χ0) is 16.8. The molecule has 2 amide bonds. The highest BCUT2D eigenvalue weighted by Crippen LogP contribution is 2.21. The lowest BCUT2D eigenvalue weighted by molar-refractivity contribution is 0.170. The molecule has 1 fully saturated rings. The van der Waals surface area contributed by atoms with Gasteiger partial charge in [0.05, 0.1) is 0 Å². The standard InChI is InChI=1S/C20H23FN2O/c21-19-8-6-18(7-9-19)15-22-20(24)23-12-10-17(11-13-23)14-16-4-2-1-3-5-16/h1-9,17H,10-15H2,(H,22,24). The smallest absolute Gasteiger partial charge is 0.317 e. The molecule has 0 aliphatic carbocycles. The summed E-state index contributed by atoms with van der Waals surface area (Å²) in [5.41, 5.74) is 2.28. The predicted octanol–water partition coefficient (Wildman–Crippen LogP) is 3.99. The summed E-state index contributed by atoms with van der Waals surface area (Å²) >= 11 is 0. The first kappa shape index (κ1) is 16.5. The van der Waals surface area contributed by atoms with Crippen LogP contribution in [-0.4, -0.2) is 24.0 Å². The quantitative estimate of drug-likeness (QED) is 0.905. The van der Waals surface area contributed by atoms with E-state index in [9.17, 15) is 9.18 Å². The third kappa shape index (κ3) is 4.57. The van der Waals surface area contributed by atoms with Crippen molar-refractivity contribution in [2.24, 2.45) is 5.92 Å². The van der Waals surface area contributed by atoms with Gasteiger partial charge < -0.3 is 10.2 Å². The van der Waals surface area contributed by atoms with Gasteiger partial charge in [-0.05, 0) is 48.4 Å². The highest BCUT2D eigenvalue weighted by atomic mass is 19.1. The summed E-state index contributed by atoms with van der Waals surface area (Å²) in [7, 11) is 0. The second-order valence-electron chi connectivity index (χ2n) is 6.41. The number of amides is 2. The molecule has 0 unspecified atom stereocenters. The maximum atomic E-state index is 12.9. The summed E-state index contributed by atoms with van der Waals surface area (Å²) in [6, 6.07) is 16.7. The molecule has 0 aromatic heterocycles. The average molecular weight is 326 g/mol. The van der Waals surface area contributed by atoms with Gasteiger partial charge in [0.1, 0.15) is 5.82 Å². The number of rotatable bonds is 4. The molecule has 0 bridgehead atoms. The van der Waals surface area contributed by atoms with Crippen LogP contribution < -0.4 is 5.32 Å². The van der Waals surface area contributed by atoms with Crippen LogP contribution in [0.1, 0.15) is 24.0 Å². The number of nitrogens with one attached hydrogen (secondary N) is 1. The molecule has 0 atom stereocenters. The Morgan fingerprint density at radius 3 is 2.33 bits per heavy atom. The van der Waals surface area contributed by atoms with Gasteiger partial charge in [-0.2, -0.15) is 0 Å². The monoisotopic (exact) mass is 326 g/mol. The highest BCUT2D eigenvalue weighted by molar-refractivity contribution is 5.74. The Kier molecular flexibility index (Phi) is 5.47. The average Bonchev–Trinajstić information content (AvgIpc) is 2.62. The van der Waals surface area contributed by atoms with Crippen LogP contribution in [-0.2, 0) is 13.0 Å². The fourth-order valence-corrected chi connectivity index (χ4v) is 3.18. The number of halogens is 1. The minimum atomic E-state index is -0.259. The van der Waals surface area contributed by atoms with E-state index < -0.39 is 0 Å². The van der Waals surface area contributed by atoms with Crippen LogP contribution in [0.2, 0.25) is 0 Å². The molecule has 2 aromatic rings. The Balaban J connectivity index is 1.42. The number of nitrogens with zero attached hydrogens (tertiary/aromatic N) is 1. The van der Waals surface area contributed by atoms with Crippen molar-refractivity contribution in [2.75, 3.05) is 13.1 Å². The van der Waals surface area contributed by atoms with Gasteiger partial charge in [0.15, 0.2) is 0 Å². The molecule has 3 rings (SSSR count). The molecule has 0 spiro atoms. The van der Waals surface area contributed by atoms with Crippen molar-refractivity contribution in [3.63, 3.8) is 0 Å². The van der Waals surface area contributed by atoms with Crippen LogP contribution in [0.25, 0.3) is 0 Å². The summed E-state index contributed by atoms with van der Waals surface area (Å²) in [5.74, 6) is 0.388. The van der Waals surface area contributed by atoms with Crippen molar-refractivity contribution in [3.8, 4) is 0 Å². The van der Waals surface area contributed by atoms with Gasteiger partial charge in [-0.3, -0.25) is 0 Å². The van der Waals surface area contributed by atoms with Crippen molar-refractivity contribution in [2.45, 2.75) is 25.8 Å². The van der Waals surface area contributed by atoms with E-state index in [4.69, 9.17) is 0 Å². The lowest BCUT2D eigenvalue weighted by Gasteiger charge is -2.32. The van der Waals surface area contributed by atoms with Crippen LogP contribution in [0.15, 0.2) is 54.6 Å². The van der Waals surface area contributed by atoms with Gasteiger partial charge in [-0.1, -0.05) is 42.5 Å². The Bertz CT molecular complexity index is 649. The van der Waals surface area contributed by atoms with E-state index in [0.717, 1.165) is 37.9 Å². The molecule has 1 saturated heterocycles. The molecule has 126 valence electrons. The number of benzene rings is 2. The number of hydrogen-bond acceptors (Lipinski definition) is 1. The molecule has 1 heterocycles. The van der Waals surface area contributed by atoms with Crippen LogP contribution in [0.4, 0.5) is 9.18 Å². The summed E-state index contributed by atoms with van der Waals surface area (Å²) in [4.78, 5) is 14.1. The van der Waals surface area contributed by atoms with E-state index in [0.29, 0.717) is 12.5 Å². The van der Waals surface area contributed by atoms with E-state index in [2.05, 4.69) is 29.6 Å². The number of carbonyl (C=O) groups excluding carboxylic acids is 1. The summed E-state index contributed by atoms with van der Waals surface area (Å²) in [6.45, 7) is 2.03. The number of carbonyl (C=O) groups is 1. The largest absolute Gasteiger partial charge is 0.334 e. The van der Waals surface area contributed by atoms with Crippen LogP contribution in [0, 0.1) is 11.7 Å². The molecular weight excluding hydrogens is 303 g/mol. The van der Waals surface area contributed by atoms with Gasteiger partial charge in [-0.25, -0.2) is 9.18 Å². The highest BCUT2D eigenvalue weighted by Gasteiger charge is 2.22. The Labute approximate surface area is 142 Å². The number of likely N-dealkylation sites (tertiary alicyclic amines) is 1. The molecule has 4 heteroatoms. The van der Waals surface area contributed by atoms with E-state index in [1.54, 1.807) is 12.1 Å². The Morgan fingerprint density at radius 2 is 1.67 bits per heavy atom. The first-order valence-corrected chi connectivity index (χ1v) is 8.52. The minimum Gasteiger partial charge on any atom is -0.334 e. The number of piperidine rings is 1. The molecule has 3 nitrogen and oxygen atoms in total. The lowest BCUT2D eigenvalue weighted by atomic mass is 9.90. The lowest BCUT2D eigenvalue weighted by Crippen LogP contribution is -2.44. The Hall–Kier alpha value is -2.36. The third-order valence-corrected chi connectivity index (χ3v) is 4.63. The second-order valence-corrected chi connectivity index (χ2v) is 6.41. The first-order valence-electron chi connectivity index (χ1n) is 8.52. The molecule has 0 saturated carbocycles. The van der Waals surface area contributed by atoms with Gasteiger partial charge in [0.25, 0.3) is 0 Å². The van der Waals surface area contributed by atoms with Gasteiger partial charge in [0, 0.05) is 19.6 Å². The fourth-order valence-electron chi connectivity index (χ4n) is 3.18. The van der Waals surface area contributed by atoms with Crippen molar-refractivity contribution < 1.29 is 9.18 Å². The molecule has 1 aliphatic rings. The van der Waals surface area contributed by atoms with Crippen molar-refractivity contribution >= 4 is 6.03 Å². The molecular formula is C20H23FN2O. The molecule has 24 heavy (non-hydrogen) atoms. The SMILES string of the molecule is O=C(NCc1ccc(F)cc1)N1CCC(Cc2ccccc2)CC1. The first-order chi connectivity index (χ1) is 11.7. The maximum absolute atomic E-state index is 12.9.